The van der Waals surface area contributed by atoms with Crippen LogP contribution in [-0.4, -0.2) is 36.0 Å². The van der Waals surface area contributed by atoms with Crippen LogP contribution in [0.2, 0.25) is 0 Å². The number of benzene rings is 1. The van der Waals surface area contributed by atoms with E-state index in [2.05, 4.69) is 0 Å². The summed E-state index contributed by atoms with van der Waals surface area (Å²) in [5.74, 6) is -0.922. The Labute approximate surface area is 98.7 Å². The molecule has 0 fully saturated rings. The van der Waals surface area contributed by atoms with Crippen LogP contribution in [0.15, 0.2) is 24.3 Å². The monoisotopic (exact) mass is 243 g/mol. The molecule has 0 radical (unpaired) electrons. The average molecular weight is 243 g/mol. The number of alkyl halides is 2. The standard InChI is InChI=1S/C12H15F2NO2/c1-15(8-11(13)14)7-10-5-3-2-4-9(10)6-12(16)17/h2-5,11H,6-8H2,1H3,(H,16,17). The molecule has 0 bridgehead atoms. The fourth-order valence-corrected chi connectivity index (χ4v) is 1.64. The molecule has 0 saturated carbocycles. The van der Waals surface area contributed by atoms with Crippen LogP contribution in [0.25, 0.3) is 0 Å². The second-order valence-electron chi connectivity index (χ2n) is 3.93. The van der Waals surface area contributed by atoms with Gasteiger partial charge in [-0.1, -0.05) is 24.3 Å². The largest absolute Gasteiger partial charge is 0.481 e. The van der Waals surface area contributed by atoms with Crippen LogP contribution in [0.3, 0.4) is 0 Å². The van der Waals surface area contributed by atoms with Crippen molar-refractivity contribution in [2.45, 2.75) is 19.4 Å². The van der Waals surface area contributed by atoms with Crippen molar-refractivity contribution in [1.82, 2.24) is 4.90 Å². The molecule has 5 heteroatoms. The number of aliphatic carboxylic acids is 1. The Hall–Kier alpha value is -1.49. The maximum Gasteiger partial charge on any atom is 0.307 e. The number of carboxylic acids is 1. The van der Waals surface area contributed by atoms with Gasteiger partial charge in [0.05, 0.1) is 13.0 Å². The lowest BCUT2D eigenvalue weighted by atomic mass is 10.0. The van der Waals surface area contributed by atoms with Gasteiger partial charge < -0.3 is 5.11 Å². The van der Waals surface area contributed by atoms with Crippen molar-refractivity contribution < 1.29 is 18.7 Å². The van der Waals surface area contributed by atoms with E-state index in [1.54, 1.807) is 31.3 Å². The molecule has 0 unspecified atom stereocenters. The predicted molar refractivity (Wildman–Crippen MR) is 60.1 cm³/mol. The third-order valence-corrected chi connectivity index (χ3v) is 2.35. The molecule has 94 valence electrons. The third-order valence-electron chi connectivity index (χ3n) is 2.35. The summed E-state index contributed by atoms with van der Waals surface area (Å²) in [4.78, 5) is 12.1. The Bertz CT molecular complexity index is 383. The van der Waals surface area contributed by atoms with E-state index in [-0.39, 0.29) is 13.0 Å². The SMILES string of the molecule is CN(Cc1ccccc1CC(=O)O)CC(F)F. The molecule has 17 heavy (non-hydrogen) atoms. The van der Waals surface area contributed by atoms with E-state index in [1.807, 2.05) is 0 Å². The first-order chi connectivity index (χ1) is 7.99. The van der Waals surface area contributed by atoms with Crippen molar-refractivity contribution >= 4 is 5.97 Å². The summed E-state index contributed by atoms with van der Waals surface area (Å²) >= 11 is 0. The summed E-state index contributed by atoms with van der Waals surface area (Å²) in [6.07, 6.45) is -2.47. The minimum atomic E-state index is -2.38. The van der Waals surface area contributed by atoms with Crippen molar-refractivity contribution in [2.24, 2.45) is 0 Å². The van der Waals surface area contributed by atoms with Crippen molar-refractivity contribution in [3.8, 4) is 0 Å². The van der Waals surface area contributed by atoms with Crippen LogP contribution >= 0.6 is 0 Å². The van der Waals surface area contributed by atoms with Crippen molar-refractivity contribution in [3.05, 3.63) is 35.4 Å². The van der Waals surface area contributed by atoms with E-state index in [9.17, 15) is 13.6 Å². The molecule has 0 atom stereocenters. The van der Waals surface area contributed by atoms with Crippen LogP contribution in [0.4, 0.5) is 8.78 Å². The molecule has 0 heterocycles. The number of nitrogens with zero attached hydrogens (tertiary/aromatic N) is 1. The maximum atomic E-state index is 12.2. The molecule has 1 N–H and O–H groups in total. The van der Waals surface area contributed by atoms with E-state index in [0.29, 0.717) is 12.1 Å². The second kappa shape index (κ2) is 6.30. The molecule has 1 aromatic rings. The quantitative estimate of drug-likeness (QED) is 0.830. The van der Waals surface area contributed by atoms with Gasteiger partial charge in [0.1, 0.15) is 0 Å². The molecule has 0 amide bonds. The van der Waals surface area contributed by atoms with Crippen LogP contribution < -0.4 is 0 Å². The zero-order chi connectivity index (χ0) is 12.8. The Morgan fingerprint density at radius 1 is 1.35 bits per heavy atom. The first-order valence-corrected chi connectivity index (χ1v) is 5.24. The highest BCUT2D eigenvalue weighted by Crippen LogP contribution is 2.12. The highest BCUT2D eigenvalue weighted by Gasteiger charge is 2.11. The number of halogens is 2. The van der Waals surface area contributed by atoms with E-state index < -0.39 is 12.4 Å². The Morgan fingerprint density at radius 3 is 2.47 bits per heavy atom. The van der Waals surface area contributed by atoms with Crippen molar-refractivity contribution in [2.75, 3.05) is 13.6 Å². The Balaban J connectivity index is 2.72. The molecular formula is C12H15F2NO2. The predicted octanol–water partition coefficient (Wildman–Crippen LogP) is 2.01. The second-order valence-corrected chi connectivity index (χ2v) is 3.93. The lowest BCUT2D eigenvalue weighted by Gasteiger charge is -2.17. The molecule has 0 spiro atoms. The fourth-order valence-electron chi connectivity index (χ4n) is 1.64. The molecule has 1 rings (SSSR count). The summed E-state index contributed by atoms with van der Waals surface area (Å²) in [6.45, 7) is 0.00913. The van der Waals surface area contributed by atoms with Crippen molar-refractivity contribution in [1.29, 1.82) is 0 Å². The van der Waals surface area contributed by atoms with E-state index in [0.717, 1.165) is 5.56 Å². The lowest BCUT2D eigenvalue weighted by molar-refractivity contribution is -0.136. The maximum absolute atomic E-state index is 12.2. The first-order valence-electron chi connectivity index (χ1n) is 5.24. The third kappa shape index (κ3) is 4.91. The summed E-state index contributed by atoms with van der Waals surface area (Å²) in [6, 6.07) is 6.99. The van der Waals surface area contributed by atoms with Crippen LogP contribution in [0, 0.1) is 0 Å². The van der Waals surface area contributed by atoms with Crippen LogP contribution in [-0.2, 0) is 17.8 Å². The molecule has 0 aliphatic carbocycles. The Morgan fingerprint density at radius 2 is 1.94 bits per heavy atom. The number of hydrogen-bond acceptors (Lipinski definition) is 2. The topological polar surface area (TPSA) is 40.5 Å². The van der Waals surface area contributed by atoms with Gasteiger partial charge in [0, 0.05) is 6.54 Å². The summed E-state index contributed by atoms with van der Waals surface area (Å²) in [7, 11) is 1.59. The number of carbonyl (C=O) groups is 1. The van der Waals surface area contributed by atoms with Crippen molar-refractivity contribution in [3.63, 3.8) is 0 Å². The normalized spacial score (nSPS) is 11.1. The molecule has 3 nitrogen and oxygen atoms in total. The number of hydrogen-bond donors (Lipinski definition) is 1. The molecule has 0 aromatic heterocycles. The minimum Gasteiger partial charge on any atom is -0.481 e. The van der Waals surface area contributed by atoms with Gasteiger partial charge in [-0.05, 0) is 18.2 Å². The highest BCUT2D eigenvalue weighted by molar-refractivity contribution is 5.70. The van der Waals surface area contributed by atoms with Crippen LogP contribution in [0.1, 0.15) is 11.1 Å². The van der Waals surface area contributed by atoms with Crippen LogP contribution in [0.5, 0.6) is 0 Å². The number of carboxylic acid groups (broad SMARTS) is 1. The molecule has 0 aliphatic rings. The van der Waals surface area contributed by atoms with E-state index in [1.165, 1.54) is 4.90 Å². The molecule has 0 saturated heterocycles. The van der Waals surface area contributed by atoms with Gasteiger partial charge in [0.25, 0.3) is 6.43 Å². The van der Waals surface area contributed by atoms with Gasteiger partial charge >= 0.3 is 5.97 Å². The molecular weight excluding hydrogens is 228 g/mol. The van der Waals surface area contributed by atoms with Gasteiger partial charge in [-0.3, -0.25) is 9.69 Å². The first kappa shape index (κ1) is 13.6. The van der Waals surface area contributed by atoms with Gasteiger partial charge in [0.2, 0.25) is 0 Å². The van der Waals surface area contributed by atoms with E-state index in [4.69, 9.17) is 5.11 Å². The summed E-state index contributed by atoms with van der Waals surface area (Å²) in [5.41, 5.74) is 1.44. The minimum absolute atomic E-state index is 0.0846. The zero-order valence-electron chi connectivity index (χ0n) is 9.57. The van der Waals surface area contributed by atoms with Gasteiger partial charge in [0.15, 0.2) is 0 Å². The summed E-state index contributed by atoms with van der Waals surface area (Å²) < 4.78 is 24.3. The van der Waals surface area contributed by atoms with E-state index >= 15 is 0 Å². The lowest BCUT2D eigenvalue weighted by Crippen LogP contribution is -2.24. The average Bonchev–Trinajstić information content (AvgIpc) is 2.18. The summed E-state index contributed by atoms with van der Waals surface area (Å²) in [5, 5.41) is 8.74. The Kier molecular flexibility index (Phi) is 5.03. The smallest absolute Gasteiger partial charge is 0.307 e. The molecule has 0 aliphatic heterocycles. The van der Waals surface area contributed by atoms with Gasteiger partial charge in [-0.2, -0.15) is 0 Å². The highest BCUT2D eigenvalue weighted by atomic mass is 19.3. The number of rotatable bonds is 6. The zero-order valence-corrected chi connectivity index (χ0v) is 9.57. The van der Waals surface area contributed by atoms with Gasteiger partial charge in [-0.15, -0.1) is 0 Å². The van der Waals surface area contributed by atoms with Gasteiger partial charge in [-0.25, -0.2) is 8.78 Å². The fraction of sp³-hybridized carbons (Fsp3) is 0.417. The molecule has 1 aromatic carbocycles.